The van der Waals surface area contributed by atoms with E-state index in [-0.39, 0.29) is 43.3 Å². The van der Waals surface area contributed by atoms with E-state index in [1.54, 1.807) is 18.5 Å². The second-order valence-corrected chi connectivity index (χ2v) is 20.0. The van der Waals surface area contributed by atoms with Gasteiger partial charge in [-0.15, -0.1) is 16.4 Å². The molecule has 1 aromatic carbocycles. The number of nitrogens with zero attached hydrogens (tertiary/aromatic N) is 8. The van der Waals surface area contributed by atoms with Gasteiger partial charge in [-0.05, 0) is 105 Å². The number of likely N-dealkylation sites (N-methyl/N-ethyl adjacent to an activating group) is 1. The van der Waals surface area contributed by atoms with Crippen LogP contribution in [0.25, 0.3) is 20.9 Å². The number of anilines is 1. The van der Waals surface area contributed by atoms with Crippen LogP contribution in [-0.4, -0.2) is 157 Å². The van der Waals surface area contributed by atoms with Crippen molar-refractivity contribution >= 4 is 45.2 Å². The Bertz CT molecular complexity index is 2450. The summed E-state index contributed by atoms with van der Waals surface area (Å²) in [6, 6.07) is 7.02. The van der Waals surface area contributed by atoms with Crippen LogP contribution in [0.1, 0.15) is 80.1 Å². The lowest BCUT2D eigenvalue weighted by molar-refractivity contribution is -0.289. The number of alkyl halides is 1. The number of unbranched alkanes of at least 4 members (excludes halogenated alkanes) is 1. The number of carbonyl (C=O) groups excluding carboxylic acids is 3. The topological polar surface area (TPSA) is 241 Å². The van der Waals surface area contributed by atoms with Gasteiger partial charge < -0.3 is 44.7 Å². The molecule has 0 saturated carbocycles. The number of rotatable bonds is 12. The van der Waals surface area contributed by atoms with Gasteiger partial charge in [-0.1, -0.05) is 31.2 Å². The molecule has 2 unspecified atom stereocenters. The molecule has 1 amide bonds. The number of halogens is 1. The highest BCUT2D eigenvalue weighted by molar-refractivity contribution is 7.21. The summed E-state index contributed by atoms with van der Waals surface area (Å²) >= 11 is 1.52. The minimum Gasteiger partial charge on any atom is -0.453 e. The molecule has 3 aliphatic rings. The molecule has 68 heavy (non-hydrogen) atoms. The van der Waals surface area contributed by atoms with Gasteiger partial charge in [-0.25, -0.2) is 23.8 Å². The number of aryl methyl sites for hydroxylation is 1. The Morgan fingerprint density at radius 1 is 1.07 bits per heavy atom. The molecule has 6 heterocycles. The quantitative estimate of drug-likeness (QED) is 0.104. The fourth-order valence-electron chi connectivity index (χ4n) is 9.79. The van der Waals surface area contributed by atoms with Crippen molar-refractivity contribution in [1.82, 2.24) is 44.6 Å². The maximum atomic E-state index is 17.2. The van der Waals surface area contributed by atoms with Gasteiger partial charge in [-0.2, -0.15) is 4.98 Å². The van der Waals surface area contributed by atoms with E-state index < -0.39 is 83.6 Å². The van der Waals surface area contributed by atoms with E-state index in [1.165, 1.54) is 35.6 Å². The standard InChI is InChI=1S/C46H65FN10O10S/c1-10-34-46(57-20-17-36(48)51-42(57)61)38(56(43(62)67-46)19-14-13-18-55-25-30(52-53-55)39-50-29-15-11-12-16-32(29)68-39)28(4)49-24-26(2)23-44(5,63-9)35(22-33(58)45(6,47)41(60)66-34)65-40-37(59)31(54(7)8)21-27(3)64-40/h11-12,15-17,20,25-28,31,34-35,37-38,40,49,59H,10,13-14,18-19,21-24H2,1-9H3,(H2,48,51,61)/t26-,27-,28-,31?,34-,35-,37?,38-,40+,44-,45-,46-/m1/s1. The molecule has 20 nitrogen and oxygen atoms in total. The Balaban J connectivity index is 1.21. The van der Waals surface area contributed by atoms with Crippen LogP contribution in [0.4, 0.5) is 15.0 Å². The highest BCUT2D eigenvalue weighted by Gasteiger charge is 2.64. The Hall–Kier alpha value is -4.97. The number of hydrogen-bond acceptors (Lipinski definition) is 18. The first-order valence-corrected chi connectivity index (χ1v) is 24.0. The summed E-state index contributed by atoms with van der Waals surface area (Å²) < 4.78 is 52.0. The number of ketones is 1. The van der Waals surface area contributed by atoms with Gasteiger partial charge >= 0.3 is 17.8 Å². The second-order valence-electron chi connectivity index (χ2n) is 19.0. The van der Waals surface area contributed by atoms with Crippen LogP contribution >= 0.6 is 11.3 Å². The molecule has 0 radical (unpaired) electrons. The predicted molar refractivity (Wildman–Crippen MR) is 249 cm³/mol. The Morgan fingerprint density at radius 3 is 2.50 bits per heavy atom. The van der Waals surface area contributed by atoms with Gasteiger partial charge in [0.2, 0.25) is 0 Å². The number of aliphatic hydroxyl groups is 1. The zero-order chi connectivity index (χ0) is 49.3. The number of nitrogens with two attached hydrogens (primary N) is 1. The van der Waals surface area contributed by atoms with Crippen LogP contribution in [0.15, 0.2) is 47.5 Å². The summed E-state index contributed by atoms with van der Waals surface area (Å²) in [4.78, 5) is 68.9. The third kappa shape index (κ3) is 10.2. The summed E-state index contributed by atoms with van der Waals surface area (Å²) in [6.45, 7) is 10.6. The molecular weight excluding hydrogens is 904 g/mol. The van der Waals surface area contributed by atoms with Gasteiger partial charge in [0.25, 0.3) is 11.4 Å². The van der Waals surface area contributed by atoms with Gasteiger partial charge in [0.15, 0.2) is 18.2 Å². The molecule has 0 aliphatic carbocycles. The van der Waals surface area contributed by atoms with E-state index in [1.807, 2.05) is 70.2 Å². The lowest BCUT2D eigenvalue weighted by atomic mass is 9.83. The van der Waals surface area contributed by atoms with E-state index in [0.717, 1.165) is 26.7 Å². The number of nitrogen functional groups attached to an aromatic ring is 1. The van der Waals surface area contributed by atoms with Gasteiger partial charge in [0, 0.05) is 44.9 Å². The van der Waals surface area contributed by atoms with E-state index in [9.17, 15) is 24.3 Å². The van der Waals surface area contributed by atoms with Crippen LogP contribution < -0.4 is 16.7 Å². The van der Waals surface area contributed by atoms with Gasteiger partial charge in [-0.3, -0.25) is 18.9 Å². The van der Waals surface area contributed by atoms with Crippen molar-refractivity contribution in [3.63, 3.8) is 0 Å². The maximum Gasteiger partial charge on any atom is 0.412 e. The molecule has 0 spiro atoms. The van der Waals surface area contributed by atoms with E-state index >= 15 is 4.39 Å². The number of hydrogen-bond donors (Lipinski definition) is 3. The number of cyclic esters (lactones) is 1. The number of aliphatic hydroxyl groups excluding tert-OH is 1. The monoisotopic (exact) mass is 968 g/mol. The third-order valence-corrected chi connectivity index (χ3v) is 14.7. The van der Waals surface area contributed by atoms with Crippen molar-refractivity contribution in [3.05, 3.63) is 53.2 Å². The highest BCUT2D eigenvalue weighted by atomic mass is 32.1. The van der Waals surface area contributed by atoms with Crippen LogP contribution in [0.5, 0.6) is 0 Å². The lowest BCUT2D eigenvalue weighted by Crippen LogP contribution is -2.65. The molecule has 4 aromatic rings. The molecule has 4 N–H and O–H groups in total. The number of amides is 1. The summed E-state index contributed by atoms with van der Waals surface area (Å²) in [5.41, 5.74) is -0.192. The first kappa shape index (κ1) is 50.9. The molecule has 3 aromatic heterocycles. The van der Waals surface area contributed by atoms with Crippen molar-refractivity contribution in [2.24, 2.45) is 5.92 Å². The predicted octanol–water partition coefficient (Wildman–Crippen LogP) is 3.89. The fourth-order valence-corrected chi connectivity index (χ4v) is 10.7. The molecule has 0 bridgehead atoms. The molecule has 372 valence electrons. The first-order valence-electron chi connectivity index (χ1n) is 23.2. The molecule has 3 aliphatic heterocycles. The Kier molecular flexibility index (Phi) is 15.4. The summed E-state index contributed by atoms with van der Waals surface area (Å²) in [6.07, 6.45) is -2.22. The number of ether oxygens (including phenoxy) is 5. The van der Waals surface area contributed by atoms with Crippen molar-refractivity contribution < 1.29 is 47.6 Å². The van der Waals surface area contributed by atoms with E-state index in [4.69, 9.17) is 29.4 Å². The lowest BCUT2D eigenvalue weighted by Gasteiger charge is -2.45. The number of fused-ring (bicyclic) bond motifs is 2. The average molecular weight is 969 g/mol. The third-order valence-electron chi connectivity index (χ3n) is 13.6. The number of para-hydroxylation sites is 1. The maximum absolute atomic E-state index is 17.2. The number of esters is 1. The summed E-state index contributed by atoms with van der Waals surface area (Å²) in [5, 5.41) is 24.4. The first-order chi connectivity index (χ1) is 32.2. The fraction of sp³-hybridized carbons (Fsp3) is 0.652. The average Bonchev–Trinajstić information content (AvgIpc) is 4.02. The highest BCUT2D eigenvalue weighted by Crippen LogP contribution is 2.43. The summed E-state index contributed by atoms with van der Waals surface area (Å²) in [7, 11) is 5.11. The molecule has 12 atom stereocenters. The van der Waals surface area contributed by atoms with Crippen LogP contribution in [0.3, 0.4) is 0 Å². The SMILES string of the molecule is CC[C@H]1OC(=O)[C@](C)(F)C(=O)C[C@@H](O[C@@H]2O[C@H](C)CC(N(C)C)C2O)[C@](C)(OC)C[C@@H](C)CN[C@H](C)[C@H]2N(CCCCn3cc(-c4nc5ccccc5s4)nn3)C(=O)O[C@]12n1ccc(N)nc1=O. The van der Waals surface area contributed by atoms with Gasteiger partial charge in [0.05, 0.1) is 34.2 Å². The molecule has 22 heteroatoms. The largest absolute Gasteiger partial charge is 0.453 e. The number of methoxy groups -OCH3 is 1. The van der Waals surface area contributed by atoms with Gasteiger partial charge in [0.1, 0.15) is 28.7 Å². The number of aromatic nitrogens is 6. The zero-order valence-corrected chi connectivity index (χ0v) is 41.0. The molecule has 3 saturated heterocycles. The van der Waals surface area contributed by atoms with Crippen LogP contribution in [-0.2, 0) is 45.5 Å². The molecule has 7 rings (SSSR count). The second kappa shape index (κ2) is 20.6. The number of Topliss-reactive ketones (excluding diaryl/α,β-unsaturated/α-hetero) is 1. The molecule has 3 fully saturated rings. The Labute approximate surface area is 398 Å². The number of carbonyl (C=O) groups is 3. The minimum atomic E-state index is -3.29. The van der Waals surface area contributed by atoms with Crippen LogP contribution in [0, 0.1) is 5.92 Å². The van der Waals surface area contributed by atoms with Crippen molar-refractivity contribution in [1.29, 1.82) is 0 Å². The smallest absolute Gasteiger partial charge is 0.412 e. The normalized spacial score (nSPS) is 33.3. The minimum absolute atomic E-state index is 0.105. The number of nitrogens with one attached hydrogen (secondary N) is 1. The van der Waals surface area contributed by atoms with Crippen LogP contribution in [0.2, 0.25) is 0 Å². The zero-order valence-electron chi connectivity index (χ0n) is 40.2. The van der Waals surface area contributed by atoms with E-state index in [0.29, 0.717) is 38.0 Å². The van der Waals surface area contributed by atoms with Crippen molar-refractivity contribution in [2.45, 2.75) is 152 Å². The van der Waals surface area contributed by atoms with Crippen molar-refractivity contribution in [3.8, 4) is 10.7 Å². The Morgan fingerprint density at radius 2 is 1.81 bits per heavy atom. The van der Waals surface area contributed by atoms with Crippen molar-refractivity contribution in [2.75, 3.05) is 40.0 Å². The summed E-state index contributed by atoms with van der Waals surface area (Å²) in [5.74, 6) is -3.12. The number of thiazole rings is 1. The molecular formula is C46H65FN10O10S. The van der Waals surface area contributed by atoms with E-state index in [2.05, 4.69) is 25.6 Å². The number of benzene rings is 1.